The van der Waals surface area contributed by atoms with Crippen LogP contribution in [-0.4, -0.2) is 17.1 Å². The Bertz CT molecular complexity index is 737. The number of benzene rings is 1. The Morgan fingerprint density at radius 2 is 2.00 bits per heavy atom. The minimum Gasteiger partial charge on any atom is -0.496 e. The number of anilines is 1. The molecule has 1 aromatic heterocycles. The van der Waals surface area contributed by atoms with E-state index >= 15 is 0 Å². The molecule has 0 aliphatic carbocycles. The summed E-state index contributed by atoms with van der Waals surface area (Å²) in [5.74, 6) is 1.38. The van der Waals surface area contributed by atoms with Gasteiger partial charge in [0.25, 0.3) is 0 Å². The van der Waals surface area contributed by atoms with Crippen LogP contribution in [0.2, 0.25) is 0 Å². The van der Waals surface area contributed by atoms with E-state index in [1.54, 1.807) is 18.9 Å². The maximum Gasteiger partial charge on any atom is 0.130 e. The Balaban J connectivity index is 2.52. The fraction of sp³-hybridized carbons (Fsp3) is 0.333. The smallest absolute Gasteiger partial charge is 0.130 e. The molecular formula is C18H23N3OS. The van der Waals surface area contributed by atoms with Gasteiger partial charge in [0, 0.05) is 16.0 Å². The number of thioether (sulfide) groups is 1. The quantitative estimate of drug-likeness (QED) is 0.647. The van der Waals surface area contributed by atoms with Crippen molar-refractivity contribution in [3.05, 3.63) is 46.8 Å². The molecule has 0 saturated heterocycles. The van der Waals surface area contributed by atoms with Crippen LogP contribution in [0.15, 0.2) is 35.1 Å². The Kier molecular flexibility index (Phi) is 5.66. The number of ether oxygens (including phenoxy) is 1. The predicted octanol–water partition coefficient (Wildman–Crippen LogP) is 4.48. The summed E-state index contributed by atoms with van der Waals surface area (Å²) in [5, 5.41) is 0.873. The number of aromatic nitrogens is 2. The lowest BCUT2D eigenvalue weighted by atomic mass is 10.1. The molecule has 0 saturated carbocycles. The van der Waals surface area contributed by atoms with E-state index in [0.29, 0.717) is 5.82 Å². The summed E-state index contributed by atoms with van der Waals surface area (Å²) in [5.41, 5.74) is 10.4. The van der Waals surface area contributed by atoms with Crippen LogP contribution in [0.4, 0.5) is 5.82 Å². The van der Waals surface area contributed by atoms with Crippen LogP contribution >= 0.6 is 11.8 Å². The van der Waals surface area contributed by atoms with E-state index in [9.17, 15) is 0 Å². The lowest BCUT2D eigenvalue weighted by molar-refractivity contribution is 0.413. The van der Waals surface area contributed by atoms with Gasteiger partial charge in [-0.15, -0.1) is 0 Å². The molecule has 0 aliphatic heterocycles. The summed E-state index contributed by atoms with van der Waals surface area (Å²) in [6.07, 6.45) is 2.49. The molecule has 122 valence electrons. The van der Waals surface area contributed by atoms with Crippen molar-refractivity contribution in [2.75, 3.05) is 12.8 Å². The number of allylic oxidation sites excluding steroid dienone is 1. The van der Waals surface area contributed by atoms with Gasteiger partial charge in [-0.1, -0.05) is 30.3 Å². The zero-order chi connectivity index (χ0) is 17.0. The lowest BCUT2D eigenvalue weighted by Gasteiger charge is -2.16. The number of methoxy groups -OCH3 is 1. The molecule has 0 atom stereocenters. The molecule has 2 N–H and O–H groups in total. The van der Waals surface area contributed by atoms with Gasteiger partial charge in [-0.2, -0.15) is 0 Å². The standard InChI is InChI=1S/C18H23N3OS/c1-6-13-7-8-15(22-5)14(9-13)16(11(2)3)23-18-12(4)17(19)20-10-21-18/h7-10H,6H2,1-5H3,(H2,19,20,21). The van der Waals surface area contributed by atoms with E-state index in [1.807, 2.05) is 13.0 Å². The topological polar surface area (TPSA) is 61.0 Å². The first kappa shape index (κ1) is 17.3. The number of nitrogens with zero attached hydrogens (tertiary/aromatic N) is 2. The second-order valence-electron chi connectivity index (χ2n) is 5.51. The van der Waals surface area contributed by atoms with Crippen molar-refractivity contribution in [2.24, 2.45) is 0 Å². The molecule has 23 heavy (non-hydrogen) atoms. The van der Waals surface area contributed by atoms with Gasteiger partial charge in [0.1, 0.15) is 22.9 Å². The minimum atomic E-state index is 0.518. The second-order valence-corrected chi connectivity index (χ2v) is 6.51. The summed E-state index contributed by atoms with van der Waals surface area (Å²) in [6, 6.07) is 6.32. The highest BCUT2D eigenvalue weighted by Gasteiger charge is 2.15. The Labute approximate surface area is 142 Å². The third kappa shape index (κ3) is 3.85. The van der Waals surface area contributed by atoms with Crippen LogP contribution in [0.25, 0.3) is 4.91 Å². The van der Waals surface area contributed by atoms with Gasteiger partial charge in [0.2, 0.25) is 0 Å². The minimum absolute atomic E-state index is 0.518. The molecule has 0 radical (unpaired) electrons. The number of nitrogen functional groups attached to an aromatic ring is 1. The van der Waals surface area contributed by atoms with Crippen LogP contribution < -0.4 is 10.5 Å². The first-order chi connectivity index (χ1) is 11.0. The molecule has 0 bridgehead atoms. The average molecular weight is 329 g/mol. The molecule has 5 heteroatoms. The highest BCUT2D eigenvalue weighted by Crippen LogP contribution is 2.41. The fourth-order valence-corrected chi connectivity index (χ4v) is 3.25. The predicted molar refractivity (Wildman–Crippen MR) is 97.7 cm³/mol. The van der Waals surface area contributed by atoms with E-state index in [4.69, 9.17) is 10.5 Å². The molecule has 0 aliphatic rings. The fourth-order valence-electron chi connectivity index (χ4n) is 2.23. The zero-order valence-corrected chi connectivity index (χ0v) is 15.1. The van der Waals surface area contributed by atoms with Gasteiger partial charge in [0.05, 0.1) is 7.11 Å². The van der Waals surface area contributed by atoms with E-state index in [1.165, 1.54) is 17.5 Å². The van der Waals surface area contributed by atoms with E-state index < -0.39 is 0 Å². The number of nitrogens with two attached hydrogens (primary N) is 1. The van der Waals surface area contributed by atoms with Crippen LogP contribution in [0.1, 0.15) is 37.5 Å². The van der Waals surface area contributed by atoms with Crippen molar-refractivity contribution in [3.8, 4) is 5.75 Å². The maximum atomic E-state index is 5.91. The molecule has 0 spiro atoms. The summed E-state index contributed by atoms with van der Waals surface area (Å²) in [6.45, 7) is 8.29. The Morgan fingerprint density at radius 1 is 1.26 bits per heavy atom. The lowest BCUT2D eigenvalue weighted by Crippen LogP contribution is -1.99. The van der Waals surface area contributed by atoms with Gasteiger partial charge in [0.15, 0.2) is 0 Å². The summed E-state index contributed by atoms with van der Waals surface area (Å²) in [4.78, 5) is 9.56. The van der Waals surface area contributed by atoms with Gasteiger partial charge < -0.3 is 10.5 Å². The Hall–Kier alpha value is -2.01. The number of rotatable bonds is 5. The summed E-state index contributed by atoms with van der Waals surface area (Å²) >= 11 is 1.61. The number of hydrogen-bond donors (Lipinski definition) is 1. The van der Waals surface area contributed by atoms with Gasteiger partial charge in [-0.05, 0) is 44.9 Å². The van der Waals surface area contributed by atoms with Crippen molar-refractivity contribution >= 4 is 22.5 Å². The molecule has 2 rings (SSSR count). The van der Waals surface area contributed by atoms with Gasteiger partial charge >= 0.3 is 0 Å². The molecule has 0 fully saturated rings. The number of aryl methyl sites for hydroxylation is 1. The molecule has 0 amide bonds. The largest absolute Gasteiger partial charge is 0.496 e. The van der Waals surface area contributed by atoms with E-state index in [0.717, 1.165) is 33.2 Å². The van der Waals surface area contributed by atoms with Crippen LogP contribution in [0.5, 0.6) is 5.75 Å². The van der Waals surface area contributed by atoms with Crippen molar-refractivity contribution in [1.82, 2.24) is 9.97 Å². The van der Waals surface area contributed by atoms with E-state index in [-0.39, 0.29) is 0 Å². The van der Waals surface area contributed by atoms with E-state index in [2.05, 4.69) is 42.9 Å². The molecule has 0 unspecified atom stereocenters. The first-order valence-corrected chi connectivity index (χ1v) is 8.39. The third-order valence-electron chi connectivity index (χ3n) is 3.65. The molecule has 4 nitrogen and oxygen atoms in total. The maximum absolute atomic E-state index is 5.91. The van der Waals surface area contributed by atoms with Crippen LogP contribution in [0.3, 0.4) is 0 Å². The molecular weight excluding hydrogens is 306 g/mol. The van der Waals surface area contributed by atoms with Gasteiger partial charge in [-0.25, -0.2) is 9.97 Å². The van der Waals surface area contributed by atoms with Gasteiger partial charge in [-0.3, -0.25) is 0 Å². The average Bonchev–Trinajstić information content (AvgIpc) is 2.55. The van der Waals surface area contributed by atoms with Crippen molar-refractivity contribution in [2.45, 2.75) is 39.1 Å². The molecule has 1 heterocycles. The summed E-state index contributed by atoms with van der Waals surface area (Å²) in [7, 11) is 1.70. The van der Waals surface area contributed by atoms with Crippen LogP contribution in [0, 0.1) is 6.92 Å². The van der Waals surface area contributed by atoms with Crippen molar-refractivity contribution in [3.63, 3.8) is 0 Å². The monoisotopic (exact) mass is 329 g/mol. The summed E-state index contributed by atoms with van der Waals surface area (Å²) < 4.78 is 5.56. The van der Waals surface area contributed by atoms with Crippen molar-refractivity contribution in [1.29, 1.82) is 0 Å². The first-order valence-electron chi connectivity index (χ1n) is 7.57. The van der Waals surface area contributed by atoms with Crippen LogP contribution in [-0.2, 0) is 6.42 Å². The zero-order valence-electron chi connectivity index (χ0n) is 14.3. The molecule has 2 aromatic rings. The highest BCUT2D eigenvalue weighted by molar-refractivity contribution is 8.08. The third-order valence-corrected chi connectivity index (χ3v) is 5.08. The molecule has 1 aromatic carbocycles. The normalized spacial score (nSPS) is 10.5. The van der Waals surface area contributed by atoms with Crippen molar-refractivity contribution < 1.29 is 4.74 Å². The highest BCUT2D eigenvalue weighted by atomic mass is 32.2. The second kappa shape index (κ2) is 7.51. The number of hydrogen-bond acceptors (Lipinski definition) is 5. The Morgan fingerprint density at radius 3 is 2.61 bits per heavy atom. The SMILES string of the molecule is CCc1ccc(OC)c(C(Sc2ncnc(N)c2C)=C(C)C)c1.